The van der Waals surface area contributed by atoms with E-state index in [-0.39, 0.29) is 29.4 Å². The van der Waals surface area contributed by atoms with Crippen molar-refractivity contribution in [2.45, 2.75) is 44.6 Å². The third-order valence-electron chi connectivity index (χ3n) is 6.14. The van der Waals surface area contributed by atoms with Crippen LogP contribution in [0.1, 0.15) is 57.0 Å². The number of benzene rings is 1. The summed E-state index contributed by atoms with van der Waals surface area (Å²) >= 11 is 1.48. The maximum atomic E-state index is 13.1. The van der Waals surface area contributed by atoms with Gasteiger partial charge in [-0.05, 0) is 62.3 Å². The van der Waals surface area contributed by atoms with Crippen LogP contribution in [0.25, 0.3) is 11.3 Å². The van der Waals surface area contributed by atoms with Crippen molar-refractivity contribution in [1.82, 2.24) is 15.5 Å². The summed E-state index contributed by atoms with van der Waals surface area (Å²) in [5.41, 5.74) is 2.88. The fraction of sp³-hybridized carbons (Fsp3) is 0.375. The van der Waals surface area contributed by atoms with Crippen LogP contribution in [0.15, 0.2) is 30.3 Å². The van der Waals surface area contributed by atoms with Gasteiger partial charge < -0.3 is 20.5 Å². The number of hydrogen-bond acceptors (Lipinski definition) is 6. The summed E-state index contributed by atoms with van der Waals surface area (Å²) in [5, 5.41) is 23.5. The Hall–Kier alpha value is -3.17. The van der Waals surface area contributed by atoms with Gasteiger partial charge in [-0.1, -0.05) is 12.1 Å². The predicted molar refractivity (Wildman–Crippen MR) is 126 cm³/mol. The Labute approximate surface area is 195 Å². The zero-order valence-corrected chi connectivity index (χ0v) is 19.0. The van der Waals surface area contributed by atoms with E-state index in [4.69, 9.17) is 4.74 Å². The molecule has 33 heavy (non-hydrogen) atoms. The normalized spacial score (nSPS) is 17.5. The van der Waals surface area contributed by atoms with Gasteiger partial charge in [-0.25, -0.2) is 0 Å². The lowest BCUT2D eigenvalue weighted by Gasteiger charge is -2.15. The van der Waals surface area contributed by atoms with E-state index in [9.17, 15) is 14.7 Å². The van der Waals surface area contributed by atoms with Crippen molar-refractivity contribution >= 4 is 28.2 Å². The number of carbonyl (C=O) groups is 2. The van der Waals surface area contributed by atoms with E-state index in [2.05, 4.69) is 20.8 Å². The molecule has 4 N–H and O–H groups in total. The topological polar surface area (TPSA) is 116 Å². The highest BCUT2D eigenvalue weighted by molar-refractivity contribution is 7.17. The number of nitrogens with one attached hydrogen (secondary N) is 3. The van der Waals surface area contributed by atoms with Crippen LogP contribution in [-0.4, -0.2) is 46.4 Å². The fourth-order valence-corrected chi connectivity index (χ4v) is 5.71. The molecule has 1 aliphatic carbocycles. The van der Waals surface area contributed by atoms with Crippen LogP contribution < -0.4 is 10.6 Å². The number of aryl methyl sites for hydroxylation is 1. The summed E-state index contributed by atoms with van der Waals surface area (Å²) in [6.45, 7) is 1.21. The van der Waals surface area contributed by atoms with E-state index in [1.54, 1.807) is 30.3 Å². The predicted octanol–water partition coefficient (Wildman–Crippen LogP) is 3.88. The molecule has 172 valence electrons. The summed E-state index contributed by atoms with van der Waals surface area (Å²) in [5.74, 6) is -0.456. The van der Waals surface area contributed by atoms with Crippen LogP contribution >= 0.6 is 11.3 Å². The Bertz CT molecular complexity index is 1180. The van der Waals surface area contributed by atoms with E-state index in [0.29, 0.717) is 28.4 Å². The highest BCUT2D eigenvalue weighted by Crippen LogP contribution is 2.38. The van der Waals surface area contributed by atoms with Gasteiger partial charge in [0.05, 0.1) is 17.4 Å². The van der Waals surface area contributed by atoms with Crippen LogP contribution in [0.2, 0.25) is 0 Å². The van der Waals surface area contributed by atoms with Gasteiger partial charge in [0, 0.05) is 23.6 Å². The molecule has 2 aromatic heterocycles. The van der Waals surface area contributed by atoms with Crippen molar-refractivity contribution in [3.63, 3.8) is 0 Å². The Balaban J connectivity index is 1.36. The molecule has 8 nitrogen and oxygen atoms in total. The summed E-state index contributed by atoms with van der Waals surface area (Å²) < 4.78 is 5.62. The molecule has 3 heterocycles. The molecule has 2 amide bonds. The molecular formula is C24H26N4O4S. The van der Waals surface area contributed by atoms with Crippen LogP contribution in [0.3, 0.4) is 0 Å². The van der Waals surface area contributed by atoms with Gasteiger partial charge in [0.25, 0.3) is 11.8 Å². The summed E-state index contributed by atoms with van der Waals surface area (Å²) in [6.07, 6.45) is 5.90. The second kappa shape index (κ2) is 9.36. The minimum Gasteiger partial charge on any atom is -0.507 e. The van der Waals surface area contributed by atoms with Crippen LogP contribution in [0, 0.1) is 0 Å². The summed E-state index contributed by atoms with van der Waals surface area (Å²) in [7, 11) is 0. The van der Waals surface area contributed by atoms with Gasteiger partial charge in [0.15, 0.2) is 0 Å². The number of phenolic OH excluding ortho intramolecular Hbond substituents is 1. The number of anilines is 1. The molecule has 3 aromatic rings. The second-order valence-corrected chi connectivity index (χ2v) is 9.50. The number of aromatic amines is 1. The van der Waals surface area contributed by atoms with E-state index < -0.39 is 0 Å². The number of carbonyl (C=O) groups excluding carboxylic acids is 2. The number of aromatic hydroxyl groups is 1. The van der Waals surface area contributed by atoms with E-state index in [1.807, 2.05) is 0 Å². The number of rotatable bonds is 6. The minimum atomic E-state index is -0.379. The lowest BCUT2D eigenvalue weighted by atomic mass is 9.95. The number of aromatic nitrogens is 2. The van der Waals surface area contributed by atoms with E-state index >= 15 is 0 Å². The first kappa shape index (κ1) is 21.7. The number of nitrogens with zero attached hydrogens (tertiary/aromatic N) is 1. The monoisotopic (exact) mass is 466 g/mol. The van der Waals surface area contributed by atoms with Crippen LogP contribution in [0.5, 0.6) is 5.75 Å². The Morgan fingerprint density at radius 3 is 2.85 bits per heavy atom. The van der Waals surface area contributed by atoms with Gasteiger partial charge in [-0.2, -0.15) is 5.10 Å². The average Bonchev–Trinajstić information content (AvgIpc) is 3.57. The van der Waals surface area contributed by atoms with Crippen LogP contribution in [-0.2, 0) is 17.6 Å². The minimum absolute atomic E-state index is 0.0549. The van der Waals surface area contributed by atoms with Gasteiger partial charge in [-0.15, -0.1) is 11.3 Å². The first-order valence-corrected chi connectivity index (χ1v) is 12.1. The number of phenols is 1. The number of hydrogen-bond donors (Lipinski definition) is 4. The Morgan fingerprint density at radius 1 is 1.18 bits per heavy atom. The molecule has 1 aliphatic heterocycles. The van der Waals surface area contributed by atoms with Gasteiger partial charge in [0.1, 0.15) is 16.4 Å². The molecule has 1 fully saturated rings. The molecular weight excluding hydrogens is 440 g/mol. The Kier molecular flexibility index (Phi) is 6.15. The van der Waals surface area contributed by atoms with Crippen molar-refractivity contribution in [2.75, 3.05) is 18.5 Å². The molecule has 1 saturated heterocycles. The standard InChI is InChI=1S/C24H26N4O4S/c29-19-9-3-1-7-15(19)17-12-18(28-27-17)22(30)26-24-21(16-8-2-4-10-20(16)33-24)23(31)25-13-14-6-5-11-32-14/h1,3,7,9,12,14,29H,2,4-6,8,10-11,13H2,(H,25,31)(H,26,30)(H,27,28)/t14-/m0/s1. The van der Waals surface area contributed by atoms with E-state index in [1.165, 1.54) is 16.2 Å². The van der Waals surface area contributed by atoms with Gasteiger partial charge in [-0.3, -0.25) is 14.7 Å². The molecule has 9 heteroatoms. The van der Waals surface area contributed by atoms with Crippen molar-refractivity contribution in [3.8, 4) is 17.0 Å². The van der Waals surface area contributed by atoms with Crippen molar-refractivity contribution in [3.05, 3.63) is 52.0 Å². The molecule has 0 saturated carbocycles. The van der Waals surface area contributed by atoms with Gasteiger partial charge >= 0.3 is 0 Å². The lowest BCUT2D eigenvalue weighted by Crippen LogP contribution is -2.32. The van der Waals surface area contributed by atoms with Crippen molar-refractivity contribution in [1.29, 1.82) is 0 Å². The Morgan fingerprint density at radius 2 is 2.03 bits per heavy atom. The molecule has 5 rings (SSSR count). The SMILES string of the molecule is O=C(Nc1sc2c(c1C(=O)NC[C@@H]1CCCO1)CCCC2)c1cc(-c2ccccc2O)n[nH]1. The molecule has 1 aromatic carbocycles. The smallest absolute Gasteiger partial charge is 0.274 e. The maximum absolute atomic E-state index is 13.1. The first-order valence-electron chi connectivity index (χ1n) is 11.3. The quantitative estimate of drug-likeness (QED) is 0.440. The van der Waals surface area contributed by atoms with E-state index in [0.717, 1.165) is 50.7 Å². The van der Waals surface area contributed by atoms with Crippen molar-refractivity contribution in [2.24, 2.45) is 0 Å². The number of amides is 2. The number of thiophene rings is 1. The third-order valence-corrected chi connectivity index (χ3v) is 7.35. The number of para-hydroxylation sites is 1. The van der Waals surface area contributed by atoms with Gasteiger partial charge in [0.2, 0.25) is 0 Å². The highest BCUT2D eigenvalue weighted by atomic mass is 32.1. The number of H-pyrrole nitrogens is 1. The largest absolute Gasteiger partial charge is 0.507 e. The third kappa shape index (κ3) is 4.51. The molecule has 0 spiro atoms. The zero-order chi connectivity index (χ0) is 22.8. The molecule has 0 radical (unpaired) electrons. The number of ether oxygens (including phenoxy) is 1. The summed E-state index contributed by atoms with van der Waals surface area (Å²) in [6, 6.07) is 8.41. The maximum Gasteiger partial charge on any atom is 0.274 e. The first-order chi connectivity index (χ1) is 16.1. The fourth-order valence-electron chi connectivity index (χ4n) is 4.43. The van der Waals surface area contributed by atoms with Crippen LogP contribution in [0.4, 0.5) is 5.00 Å². The lowest BCUT2D eigenvalue weighted by molar-refractivity contribution is 0.0858. The summed E-state index contributed by atoms with van der Waals surface area (Å²) in [4.78, 5) is 27.3. The zero-order valence-electron chi connectivity index (χ0n) is 18.1. The molecule has 0 unspecified atom stereocenters. The highest BCUT2D eigenvalue weighted by Gasteiger charge is 2.28. The average molecular weight is 467 g/mol. The number of fused-ring (bicyclic) bond motifs is 1. The van der Waals surface area contributed by atoms with Crippen molar-refractivity contribution < 1.29 is 19.4 Å². The second-order valence-electron chi connectivity index (χ2n) is 8.40. The molecule has 0 bridgehead atoms. The molecule has 1 atom stereocenters. The molecule has 2 aliphatic rings.